The third-order valence-electron chi connectivity index (χ3n) is 13.0. The molecular weight excluding hydrogens is 901 g/mol. The Morgan fingerprint density at radius 3 is 0.767 bits per heavy atom. The molecule has 0 saturated heterocycles. The average molecular weight is 1020 g/mol. The summed E-state index contributed by atoms with van der Waals surface area (Å²) in [5.74, 6) is -0.924. The molecule has 0 unspecified atom stereocenters. The molecule has 0 aromatic carbocycles. The van der Waals surface area contributed by atoms with Crippen LogP contribution in [0.5, 0.6) is 0 Å². The summed E-state index contributed by atoms with van der Waals surface area (Å²) in [5.41, 5.74) is 0. The Labute approximate surface area is 451 Å². The standard InChI is InChI=1S/C67H114O6/c1-4-7-10-13-16-19-22-25-28-31-33-36-39-42-45-48-51-54-57-60-66(69)72-63-64(62-71-65(68)59-56-53-50-47-44-41-38-35-30-27-24-21-18-15-12-9-6-3)73-67(70)61-58-55-52-49-46-43-40-37-34-32-29-26-23-20-17-14-11-8-5-2/h16-21,25-30,33,36,38,41,64H,4-15,22-24,31-32,34-35,37,39-40,42-63H2,1-3H3/b19-16-,20-17-,21-18-,28-25-,29-26-,30-27-,36-33-,41-38-/t64-/m1/s1. The van der Waals surface area contributed by atoms with E-state index >= 15 is 0 Å². The van der Waals surface area contributed by atoms with E-state index in [1.165, 1.54) is 141 Å². The highest BCUT2D eigenvalue weighted by Gasteiger charge is 2.19. The molecule has 6 heteroatoms. The van der Waals surface area contributed by atoms with Crippen LogP contribution < -0.4 is 0 Å². The molecule has 0 aromatic rings. The largest absolute Gasteiger partial charge is 0.462 e. The SMILES string of the molecule is CCCCC/C=C\C/C=C\C/C=C\CCCCCCCCC(=O)OC[C@@H](COC(=O)CCCCCC/C=C\C/C=C\C/C=C\CCCCC)OC(=O)CCCCCCCCCCC/C=C\C/C=C\CCCCC. The highest BCUT2D eigenvalue weighted by atomic mass is 16.6. The minimum atomic E-state index is -0.797. The smallest absolute Gasteiger partial charge is 0.306 e. The molecule has 0 aromatic heterocycles. The minimum absolute atomic E-state index is 0.0936. The number of rotatable bonds is 55. The first-order valence-electron chi connectivity index (χ1n) is 30.7. The van der Waals surface area contributed by atoms with Gasteiger partial charge < -0.3 is 14.2 Å². The number of unbranched alkanes of at least 4 members (excludes halogenated alkanes) is 28. The highest BCUT2D eigenvalue weighted by molar-refractivity contribution is 5.71. The summed E-state index contributed by atoms with van der Waals surface area (Å²) >= 11 is 0. The number of allylic oxidation sites excluding steroid dienone is 16. The van der Waals surface area contributed by atoms with Crippen molar-refractivity contribution in [3.8, 4) is 0 Å². The van der Waals surface area contributed by atoms with Crippen LogP contribution in [-0.2, 0) is 28.6 Å². The maximum absolute atomic E-state index is 12.9. The van der Waals surface area contributed by atoms with Crippen molar-refractivity contribution < 1.29 is 28.6 Å². The van der Waals surface area contributed by atoms with E-state index in [2.05, 4.69) is 118 Å². The summed E-state index contributed by atoms with van der Waals surface area (Å²) < 4.78 is 16.9. The molecule has 0 aliphatic carbocycles. The van der Waals surface area contributed by atoms with E-state index in [0.717, 1.165) is 109 Å². The van der Waals surface area contributed by atoms with E-state index < -0.39 is 6.10 Å². The molecule has 0 aliphatic heterocycles. The summed E-state index contributed by atoms with van der Waals surface area (Å²) in [6.07, 6.45) is 81.0. The van der Waals surface area contributed by atoms with Crippen LogP contribution >= 0.6 is 0 Å². The molecule has 418 valence electrons. The van der Waals surface area contributed by atoms with Crippen molar-refractivity contribution in [2.45, 2.75) is 297 Å². The zero-order valence-corrected chi connectivity index (χ0v) is 47.9. The molecule has 6 nitrogen and oxygen atoms in total. The molecule has 73 heavy (non-hydrogen) atoms. The van der Waals surface area contributed by atoms with Gasteiger partial charge in [0.2, 0.25) is 0 Å². The molecule has 0 amide bonds. The fraction of sp³-hybridized carbons (Fsp3) is 0.716. The Morgan fingerprint density at radius 2 is 0.493 bits per heavy atom. The summed E-state index contributed by atoms with van der Waals surface area (Å²) in [6.45, 7) is 6.54. The average Bonchev–Trinajstić information content (AvgIpc) is 3.39. The molecule has 0 spiro atoms. The van der Waals surface area contributed by atoms with Crippen molar-refractivity contribution >= 4 is 17.9 Å². The number of ether oxygens (including phenoxy) is 3. The molecule has 0 fully saturated rings. The first-order chi connectivity index (χ1) is 36.0. The van der Waals surface area contributed by atoms with Crippen molar-refractivity contribution in [2.24, 2.45) is 0 Å². The van der Waals surface area contributed by atoms with Crippen molar-refractivity contribution in [1.29, 1.82) is 0 Å². The lowest BCUT2D eigenvalue weighted by Crippen LogP contribution is -2.30. The Morgan fingerprint density at radius 1 is 0.274 bits per heavy atom. The molecule has 0 rings (SSSR count). The van der Waals surface area contributed by atoms with Gasteiger partial charge in [-0.05, 0) is 128 Å². The van der Waals surface area contributed by atoms with Gasteiger partial charge in [0.05, 0.1) is 0 Å². The van der Waals surface area contributed by atoms with Crippen LogP contribution in [0.25, 0.3) is 0 Å². The molecule has 0 aliphatic rings. The van der Waals surface area contributed by atoms with Gasteiger partial charge in [-0.25, -0.2) is 0 Å². The van der Waals surface area contributed by atoms with Crippen LogP contribution in [0.1, 0.15) is 290 Å². The van der Waals surface area contributed by atoms with Gasteiger partial charge in [0, 0.05) is 19.3 Å². The third kappa shape index (κ3) is 59.1. The number of esters is 3. The van der Waals surface area contributed by atoms with Crippen LogP contribution in [0.4, 0.5) is 0 Å². The predicted octanol–water partition coefficient (Wildman–Crippen LogP) is 20.9. The zero-order valence-electron chi connectivity index (χ0n) is 47.9. The van der Waals surface area contributed by atoms with Crippen LogP contribution in [-0.4, -0.2) is 37.2 Å². The summed E-state index contributed by atoms with van der Waals surface area (Å²) in [4.78, 5) is 38.3. The topological polar surface area (TPSA) is 78.9 Å². The molecule has 0 radical (unpaired) electrons. The van der Waals surface area contributed by atoms with Crippen molar-refractivity contribution in [1.82, 2.24) is 0 Å². The van der Waals surface area contributed by atoms with Crippen molar-refractivity contribution in [2.75, 3.05) is 13.2 Å². The summed E-state index contributed by atoms with van der Waals surface area (Å²) in [6, 6.07) is 0. The maximum Gasteiger partial charge on any atom is 0.306 e. The van der Waals surface area contributed by atoms with Gasteiger partial charge >= 0.3 is 17.9 Å². The quantitative estimate of drug-likeness (QED) is 0.0261. The van der Waals surface area contributed by atoms with E-state index in [9.17, 15) is 14.4 Å². The highest BCUT2D eigenvalue weighted by Crippen LogP contribution is 2.15. The van der Waals surface area contributed by atoms with Gasteiger partial charge in [-0.3, -0.25) is 14.4 Å². The van der Waals surface area contributed by atoms with Gasteiger partial charge in [0.1, 0.15) is 13.2 Å². The molecule has 0 N–H and O–H groups in total. The second kappa shape index (κ2) is 60.9. The van der Waals surface area contributed by atoms with Gasteiger partial charge in [-0.1, -0.05) is 240 Å². The maximum atomic E-state index is 12.9. The minimum Gasteiger partial charge on any atom is -0.462 e. The fourth-order valence-electron chi connectivity index (χ4n) is 8.37. The van der Waals surface area contributed by atoms with Gasteiger partial charge in [-0.2, -0.15) is 0 Å². The fourth-order valence-corrected chi connectivity index (χ4v) is 8.37. The van der Waals surface area contributed by atoms with E-state index in [4.69, 9.17) is 14.2 Å². The number of carbonyl (C=O) groups excluding carboxylic acids is 3. The van der Waals surface area contributed by atoms with Gasteiger partial charge in [0.15, 0.2) is 6.10 Å². The monoisotopic (exact) mass is 1010 g/mol. The van der Waals surface area contributed by atoms with Crippen LogP contribution in [0.2, 0.25) is 0 Å². The Kier molecular flexibility index (Phi) is 57.8. The Hall–Kier alpha value is -3.67. The summed E-state index contributed by atoms with van der Waals surface area (Å²) in [5, 5.41) is 0. The lowest BCUT2D eigenvalue weighted by molar-refractivity contribution is -0.167. The van der Waals surface area contributed by atoms with E-state index in [1.807, 2.05) is 0 Å². The van der Waals surface area contributed by atoms with Crippen LogP contribution in [0, 0.1) is 0 Å². The molecule has 1 atom stereocenters. The normalized spacial score (nSPS) is 12.8. The Bertz CT molecular complexity index is 1440. The number of hydrogen-bond donors (Lipinski definition) is 0. The van der Waals surface area contributed by atoms with Crippen LogP contribution in [0.3, 0.4) is 0 Å². The van der Waals surface area contributed by atoms with Gasteiger partial charge in [0.25, 0.3) is 0 Å². The first kappa shape index (κ1) is 69.3. The number of carbonyl (C=O) groups is 3. The lowest BCUT2D eigenvalue weighted by Gasteiger charge is -2.18. The molecule has 0 saturated carbocycles. The molecule has 0 bridgehead atoms. The summed E-state index contributed by atoms with van der Waals surface area (Å²) in [7, 11) is 0. The predicted molar refractivity (Wildman–Crippen MR) is 316 cm³/mol. The van der Waals surface area contributed by atoms with E-state index in [1.54, 1.807) is 0 Å². The third-order valence-corrected chi connectivity index (χ3v) is 13.0. The zero-order chi connectivity index (χ0) is 52.9. The molecule has 0 heterocycles. The second-order valence-corrected chi connectivity index (χ2v) is 20.2. The van der Waals surface area contributed by atoms with E-state index in [-0.39, 0.29) is 31.1 Å². The first-order valence-corrected chi connectivity index (χ1v) is 30.7. The second-order valence-electron chi connectivity index (χ2n) is 20.2. The van der Waals surface area contributed by atoms with Crippen molar-refractivity contribution in [3.63, 3.8) is 0 Å². The molecular formula is C67H114O6. The van der Waals surface area contributed by atoms with Gasteiger partial charge in [-0.15, -0.1) is 0 Å². The lowest BCUT2D eigenvalue weighted by atomic mass is 10.1. The van der Waals surface area contributed by atoms with Crippen LogP contribution in [0.15, 0.2) is 97.2 Å². The van der Waals surface area contributed by atoms with Crippen molar-refractivity contribution in [3.05, 3.63) is 97.2 Å². The Balaban J connectivity index is 4.46. The van der Waals surface area contributed by atoms with E-state index in [0.29, 0.717) is 19.3 Å². The number of hydrogen-bond acceptors (Lipinski definition) is 6.